The molecule has 1 saturated heterocycles. The first kappa shape index (κ1) is 30.8. The van der Waals surface area contributed by atoms with Gasteiger partial charge in [-0.2, -0.15) is 13.2 Å². The minimum atomic E-state index is -4.67. The van der Waals surface area contributed by atoms with Gasteiger partial charge in [0.05, 0.1) is 22.2 Å². The molecule has 3 amide bonds. The van der Waals surface area contributed by atoms with E-state index in [4.69, 9.17) is 0 Å². The minimum Gasteiger partial charge on any atom is -0.325 e. The second-order valence-corrected chi connectivity index (χ2v) is 14.1. The lowest BCUT2D eigenvalue weighted by atomic mass is 9.81. The first-order valence-corrected chi connectivity index (χ1v) is 15.8. The monoisotopic (exact) mass is 651 g/mol. The first-order valence-electron chi connectivity index (χ1n) is 14.1. The van der Waals surface area contributed by atoms with E-state index >= 15 is 0 Å². The molecule has 2 aliphatic rings. The summed E-state index contributed by atoms with van der Waals surface area (Å²) < 4.78 is 42.0. The van der Waals surface area contributed by atoms with Gasteiger partial charge < -0.3 is 5.32 Å². The molecule has 1 aromatic heterocycles. The number of fused-ring (bicyclic) bond motifs is 2. The Labute approximate surface area is 265 Å². The Morgan fingerprint density at radius 1 is 0.867 bits per heavy atom. The molecule has 4 aromatic rings. The standard InChI is InChI=1S/C33H28F3N3O4S2/c1-32(2,3)19-14-12-18(13-15-19)24-25-26(29(42)39(28(25)41)22-11-7-8-20(16-22)33(34,35)36)44-30-27(24)45-31(43)38(30)17-23(40)37-21-9-5-4-6-10-21/h4-16,24-26H,17H2,1-3H3,(H,37,40)/t24-,25+,26-/m0/s1. The average Bonchev–Trinajstić information content (AvgIpc) is 3.43. The number of alkyl halides is 3. The lowest BCUT2D eigenvalue weighted by Gasteiger charge is -2.31. The third-order valence-corrected chi connectivity index (χ3v) is 10.6. The van der Waals surface area contributed by atoms with Crippen molar-refractivity contribution >= 4 is 52.2 Å². The van der Waals surface area contributed by atoms with E-state index in [-0.39, 0.29) is 17.6 Å². The van der Waals surface area contributed by atoms with Gasteiger partial charge in [-0.15, -0.1) is 0 Å². The quantitative estimate of drug-likeness (QED) is 0.244. The highest BCUT2D eigenvalue weighted by molar-refractivity contribution is 8.00. The molecule has 1 fully saturated rings. The molecule has 2 aliphatic heterocycles. The van der Waals surface area contributed by atoms with Crippen molar-refractivity contribution in [2.45, 2.75) is 55.1 Å². The van der Waals surface area contributed by atoms with Crippen molar-refractivity contribution in [3.8, 4) is 0 Å². The Balaban J connectivity index is 1.43. The number of nitrogens with one attached hydrogen (secondary N) is 1. The Hall–Kier alpha value is -4.16. The molecule has 1 N–H and O–H groups in total. The number of amides is 3. The summed E-state index contributed by atoms with van der Waals surface area (Å²) in [6.07, 6.45) is -4.67. The first-order chi connectivity index (χ1) is 21.2. The highest BCUT2D eigenvalue weighted by Gasteiger charge is 2.57. The predicted octanol–water partition coefficient (Wildman–Crippen LogP) is 6.66. The highest BCUT2D eigenvalue weighted by atomic mass is 32.2. The maximum absolute atomic E-state index is 14.1. The number of nitrogens with zero attached hydrogens (tertiary/aromatic N) is 2. The number of carbonyl (C=O) groups excluding carboxylic acids is 3. The zero-order valence-electron chi connectivity index (χ0n) is 24.4. The summed E-state index contributed by atoms with van der Waals surface area (Å²) in [5.74, 6) is -3.47. The molecule has 7 nitrogen and oxygen atoms in total. The van der Waals surface area contributed by atoms with E-state index in [0.717, 1.165) is 51.8 Å². The van der Waals surface area contributed by atoms with Crippen LogP contribution < -0.4 is 15.1 Å². The van der Waals surface area contributed by atoms with E-state index in [9.17, 15) is 32.3 Å². The SMILES string of the molecule is CC(C)(C)c1ccc([C@@H]2c3sc(=O)n(CC(=O)Nc4ccccc4)c3S[C@@H]3C(=O)N(c4cccc(C(F)(F)F)c4)C(=O)[C@H]23)cc1. The molecule has 6 rings (SSSR count). The van der Waals surface area contributed by atoms with Gasteiger partial charge >= 0.3 is 11.0 Å². The third kappa shape index (κ3) is 5.72. The maximum atomic E-state index is 14.1. The number of aromatic nitrogens is 1. The molecule has 0 radical (unpaired) electrons. The number of thioether (sulfide) groups is 1. The third-order valence-electron chi connectivity index (χ3n) is 7.98. The zero-order chi connectivity index (χ0) is 32.3. The van der Waals surface area contributed by atoms with Crippen LogP contribution >= 0.6 is 23.1 Å². The smallest absolute Gasteiger partial charge is 0.325 e. The molecular formula is C33H28F3N3O4S2. The van der Waals surface area contributed by atoms with Gasteiger partial charge in [0.1, 0.15) is 11.8 Å². The van der Waals surface area contributed by atoms with E-state index in [1.807, 2.05) is 24.3 Å². The number of thiazole rings is 1. The summed E-state index contributed by atoms with van der Waals surface area (Å²) in [6, 6.07) is 20.5. The van der Waals surface area contributed by atoms with Crippen LogP contribution in [-0.2, 0) is 32.5 Å². The van der Waals surface area contributed by atoms with Crippen LogP contribution in [0.3, 0.4) is 0 Å². The minimum absolute atomic E-state index is 0.158. The average molecular weight is 652 g/mol. The number of halogens is 3. The van der Waals surface area contributed by atoms with E-state index < -0.39 is 51.4 Å². The van der Waals surface area contributed by atoms with Crippen molar-refractivity contribution in [1.82, 2.24) is 4.57 Å². The number of hydrogen-bond donors (Lipinski definition) is 1. The van der Waals surface area contributed by atoms with Crippen LogP contribution in [0.5, 0.6) is 0 Å². The van der Waals surface area contributed by atoms with Gasteiger partial charge in [-0.1, -0.05) is 92.4 Å². The van der Waals surface area contributed by atoms with Crippen LogP contribution in [0.25, 0.3) is 0 Å². The summed E-state index contributed by atoms with van der Waals surface area (Å²) >= 11 is 1.92. The Bertz CT molecular complexity index is 1860. The predicted molar refractivity (Wildman–Crippen MR) is 168 cm³/mol. The Kier molecular flexibility index (Phi) is 7.77. The van der Waals surface area contributed by atoms with Gasteiger partial charge in [0.25, 0.3) is 0 Å². The molecular weight excluding hydrogens is 624 g/mol. The molecule has 3 heterocycles. The second kappa shape index (κ2) is 11.3. The van der Waals surface area contributed by atoms with Crippen LogP contribution in [0, 0.1) is 5.92 Å². The van der Waals surface area contributed by atoms with Gasteiger partial charge in [-0.05, 0) is 46.9 Å². The molecule has 3 atom stereocenters. The van der Waals surface area contributed by atoms with E-state index in [1.54, 1.807) is 30.3 Å². The van der Waals surface area contributed by atoms with Crippen molar-refractivity contribution < 1.29 is 27.6 Å². The van der Waals surface area contributed by atoms with Crippen molar-refractivity contribution in [3.05, 3.63) is 110 Å². The topological polar surface area (TPSA) is 88.5 Å². The highest BCUT2D eigenvalue weighted by Crippen LogP contribution is 2.54. The molecule has 3 aromatic carbocycles. The largest absolute Gasteiger partial charge is 0.416 e. The molecule has 232 valence electrons. The van der Waals surface area contributed by atoms with E-state index in [2.05, 4.69) is 26.1 Å². The number of imide groups is 1. The number of benzene rings is 3. The van der Waals surface area contributed by atoms with E-state index in [0.29, 0.717) is 21.2 Å². The number of anilines is 2. The second-order valence-electron chi connectivity index (χ2n) is 12.0. The van der Waals surface area contributed by atoms with Crippen molar-refractivity contribution in [2.75, 3.05) is 10.2 Å². The summed E-state index contributed by atoms with van der Waals surface area (Å²) in [5.41, 5.74) is 0.977. The van der Waals surface area contributed by atoms with Crippen LogP contribution in [0.4, 0.5) is 24.5 Å². The number of carbonyl (C=O) groups is 3. The Morgan fingerprint density at radius 3 is 2.20 bits per heavy atom. The number of para-hydroxylation sites is 1. The van der Waals surface area contributed by atoms with Crippen molar-refractivity contribution in [1.29, 1.82) is 0 Å². The number of rotatable bonds is 5. The molecule has 0 aliphatic carbocycles. The summed E-state index contributed by atoms with van der Waals surface area (Å²) in [4.78, 5) is 55.3. The van der Waals surface area contributed by atoms with Gasteiger partial charge in [0.15, 0.2) is 0 Å². The van der Waals surface area contributed by atoms with Gasteiger partial charge in [-0.25, -0.2) is 4.90 Å². The van der Waals surface area contributed by atoms with Crippen LogP contribution in [0.1, 0.15) is 48.3 Å². The summed E-state index contributed by atoms with van der Waals surface area (Å²) in [6.45, 7) is 5.86. The van der Waals surface area contributed by atoms with Gasteiger partial charge in [0, 0.05) is 16.5 Å². The fraction of sp³-hybridized carbons (Fsp3) is 0.273. The molecule has 12 heteroatoms. The maximum Gasteiger partial charge on any atom is 0.416 e. The number of hydrogen-bond acceptors (Lipinski definition) is 6. The van der Waals surface area contributed by atoms with Gasteiger partial charge in [-0.3, -0.25) is 23.7 Å². The summed E-state index contributed by atoms with van der Waals surface area (Å²) in [5, 5.41) is 2.13. The fourth-order valence-corrected chi connectivity index (χ4v) is 8.52. The van der Waals surface area contributed by atoms with Gasteiger partial charge in [0.2, 0.25) is 17.7 Å². The zero-order valence-corrected chi connectivity index (χ0v) is 26.1. The molecule has 0 saturated carbocycles. The molecule has 0 unspecified atom stereocenters. The normalized spacial score (nSPS) is 19.8. The molecule has 0 bridgehead atoms. The van der Waals surface area contributed by atoms with Crippen molar-refractivity contribution in [3.63, 3.8) is 0 Å². The molecule has 45 heavy (non-hydrogen) atoms. The Morgan fingerprint density at radius 2 is 1.56 bits per heavy atom. The lowest BCUT2D eigenvalue weighted by Crippen LogP contribution is -2.33. The lowest BCUT2D eigenvalue weighted by molar-refractivity contribution is -0.137. The fourth-order valence-electron chi connectivity index (χ4n) is 5.75. The molecule has 0 spiro atoms. The van der Waals surface area contributed by atoms with Crippen LogP contribution in [-0.4, -0.2) is 27.5 Å². The van der Waals surface area contributed by atoms with Crippen LogP contribution in [0.15, 0.2) is 88.7 Å². The van der Waals surface area contributed by atoms with Crippen LogP contribution in [0.2, 0.25) is 0 Å². The van der Waals surface area contributed by atoms with E-state index in [1.165, 1.54) is 10.6 Å². The van der Waals surface area contributed by atoms with Crippen molar-refractivity contribution in [2.24, 2.45) is 5.92 Å². The summed E-state index contributed by atoms with van der Waals surface area (Å²) in [7, 11) is 0.